The summed E-state index contributed by atoms with van der Waals surface area (Å²) in [7, 11) is 0. The predicted octanol–water partition coefficient (Wildman–Crippen LogP) is 3.43. The number of nitrogens with one attached hydrogen (secondary N) is 1. The largest absolute Gasteiger partial charge is 0.492 e. The fourth-order valence-electron chi connectivity index (χ4n) is 2.02. The van der Waals surface area contributed by atoms with E-state index in [1.54, 1.807) is 18.2 Å². The van der Waals surface area contributed by atoms with Crippen molar-refractivity contribution in [2.75, 3.05) is 13.2 Å². The van der Waals surface area contributed by atoms with Gasteiger partial charge in [0.2, 0.25) is 5.91 Å². The van der Waals surface area contributed by atoms with E-state index in [1.165, 1.54) is 12.8 Å². The molecule has 0 spiro atoms. The highest BCUT2D eigenvalue weighted by molar-refractivity contribution is 6.42. The van der Waals surface area contributed by atoms with E-state index >= 15 is 0 Å². The molecule has 1 aliphatic carbocycles. The van der Waals surface area contributed by atoms with Crippen molar-refractivity contribution < 1.29 is 9.53 Å². The van der Waals surface area contributed by atoms with Gasteiger partial charge < -0.3 is 15.8 Å². The molecular weight excluding hydrogens is 347 g/mol. The average molecular weight is 368 g/mol. The summed E-state index contributed by atoms with van der Waals surface area (Å²) in [5.41, 5.74) is 5.92. The summed E-state index contributed by atoms with van der Waals surface area (Å²) in [5.74, 6) is 1.14. The molecule has 0 radical (unpaired) electrons. The number of ether oxygens (including phenoxy) is 1. The molecule has 0 aliphatic heterocycles. The van der Waals surface area contributed by atoms with Gasteiger partial charge in [0.25, 0.3) is 0 Å². The van der Waals surface area contributed by atoms with Gasteiger partial charge in [-0.1, -0.05) is 29.3 Å². The Hall–Kier alpha value is -0.680. The van der Waals surface area contributed by atoms with Gasteiger partial charge in [-0.05, 0) is 37.3 Å². The van der Waals surface area contributed by atoms with E-state index in [2.05, 4.69) is 5.32 Å². The fourth-order valence-corrected chi connectivity index (χ4v) is 2.37. The van der Waals surface area contributed by atoms with Gasteiger partial charge in [0, 0.05) is 19.0 Å². The highest BCUT2D eigenvalue weighted by Crippen LogP contribution is 2.32. The van der Waals surface area contributed by atoms with Crippen LogP contribution in [0, 0.1) is 5.92 Å². The van der Waals surface area contributed by atoms with Crippen LogP contribution in [0.25, 0.3) is 0 Å². The van der Waals surface area contributed by atoms with E-state index in [0.29, 0.717) is 47.7 Å². The number of nitrogens with two attached hydrogens (primary N) is 1. The van der Waals surface area contributed by atoms with Gasteiger partial charge in [-0.3, -0.25) is 4.79 Å². The Labute approximate surface area is 147 Å². The first kappa shape index (κ1) is 19.4. The van der Waals surface area contributed by atoms with Crippen molar-refractivity contribution in [3.63, 3.8) is 0 Å². The van der Waals surface area contributed by atoms with Crippen LogP contribution < -0.4 is 15.8 Å². The molecule has 4 nitrogen and oxygen atoms in total. The van der Waals surface area contributed by atoms with Crippen molar-refractivity contribution in [1.29, 1.82) is 0 Å². The average Bonchev–Trinajstić information content (AvgIpc) is 3.30. The number of hydrogen-bond acceptors (Lipinski definition) is 3. The number of halogens is 3. The third-order valence-corrected chi connectivity index (χ3v) is 4.29. The number of amides is 1. The SMILES string of the molecule is Cl.NC(CNC(=O)CCCOc1cccc(Cl)c1Cl)C1CC1. The number of carbonyl (C=O) groups excluding carboxylic acids is 1. The summed E-state index contributed by atoms with van der Waals surface area (Å²) in [6.45, 7) is 0.979. The second-order valence-corrected chi connectivity index (χ2v) is 6.09. The highest BCUT2D eigenvalue weighted by atomic mass is 35.5. The van der Waals surface area contributed by atoms with Crippen LogP contribution in [0.5, 0.6) is 5.75 Å². The molecule has 0 saturated heterocycles. The van der Waals surface area contributed by atoms with Crippen LogP contribution in [-0.4, -0.2) is 25.1 Å². The van der Waals surface area contributed by atoms with Gasteiger partial charge in [-0.15, -0.1) is 12.4 Å². The topological polar surface area (TPSA) is 64.3 Å². The van der Waals surface area contributed by atoms with E-state index in [9.17, 15) is 4.79 Å². The molecular formula is C15H21Cl3N2O2. The number of benzene rings is 1. The summed E-state index contributed by atoms with van der Waals surface area (Å²) in [5, 5.41) is 3.72. The van der Waals surface area contributed by atoms with Crippen LogP contribution in [0.4, 0.5) is 0 Å². The first-order valence-corrected chi connectivity index (χ1v) is 7.92. The Morgan fingerprint density at radius 2 is 2.14 bits per heavy atom. The maximum atomic E-state index is 11.7. The molecule has 1 aromatic rings. The van der Waals surface area contributed by atoms with E-state index in [4.69, 9.17) is 33.7 Å². The molecule has 1 fully saturated rings. The number of carbonyl (C=O) groups is 1. The van der Waals surface area contributed by atoms with Crippen LogP contribution in [0.2, 0.25) is 10.0 Å². The third-order valence-electron chi connectivity index (χ3n) is 3.48. The lowest BCUT2D eigenvalue weighted by Crippen LogP contribution is -2.38. The Kier molecular flexibility index (Phi) is 8.33. The van der Waals surface area contributed by atoms with Crippen molar-refractivity contribution in [3.8, 4) is 5.75 Å². The Morgan fingerprint density at radius 3 is 2.82 bits per heavy atom. The standard InChI is InChI=1S/C15H20Cl2N2O2.ClH/c16-11-3-1-4-13(15(11)17)21-8-2-5-14(20)19-9-12(18)10-6-7-10;/h1,3-4,10,12H,2,5-9,18H2,(H,19,20);1H. The second kappa shape index (κ2) is 9.46. The Bertz CT molecular complexity index is 496. The van der Waals surface area contributed by atoms with Crippen LogP contribution in [0.1, 0.15) is 25.7 Å². The zero-order chi connectivity index (χ0) is 15.2. The van der Waals surface area contributed by atoms with Crippen LogP contribution in [0.3, 0.4) is 0 Å². The van der Waals surface area contributed by atoms with Crippen molar-refractivity contribution >= 4 is 41.5 Å². The summed E-state index contributed by atoms with van der Waals surface area (Å²) in [4.78, 5) is 11.7. The summed E-state index contributed by atoms with van der Waals surface area (Å²) in [6, 6.07) is 5.32. The van der Waals surface area contributed by atoms with E-state index < -0.39 is 0 Å². The first-order chi connectivity index (χ1) is 10.1. The molecule has 1 atom stereocenters. The van der Waals surface area contributed by atoms with Gasteiger partial charge in [0.1, 0.15) is 10.8 Å². The van der Waals surface area contributed by atoms with Crippen LogP contribution in [0.15, 0.2) is 18.2 Å². The van der Waals surface area contributed by atoms with Gasteiger partial charge in [0.15, 0.2) is 0 Å². The van der Waals surface area contributed by atoms with Gasteiger partial charge in [-0.2, -0.15) is 0 Å². The molecule has 124 valence electrons. The Balaban J connectivity index is 0.00000242. The van der Waals surface area contributed by atoms with Crippen molar-refractivity contribution in [2.45, 2.75) is 31.7 Å². The fraction of sp³-hybridized carbons (Fsp3) is 0.533. The molecule has 0 bridgehead atoms. The zero-order valence-electron chi connectivity index (χ0n) is 12.2. The molecule has 1 aromatic carbocycles. The summed E-state index contributed by atoms with van der Waals surface area (Å²) >= 11 is 11.9. The quantitative estimate of drug-likeness (QED) is 0.692. The molecule has 7 heteroatoms. The van der Waals surface area contributed by atoms with Crippen molar-refractivity contribution in [3.05, 3.63) is 28.2 Å². The molecule has 0 aromatic heterocycles. The molecule has 22 heavy (non-hydrogen) atoms. The lowest BCUT2D eigenvalue weighted by Gasteiger charge is -2.12. The smallest absolute Gasteiger partial charge is 0.220 e. The van der Waals surface area contributed by atoms with Gasteiger partial charge >= 0.3 is 0 Å². The molecule has 1 aliphatic rings. The van der Waals surface area contributed by atoms with E-state index in [0.717, 1.165) is 0 Å². The van der Waals surface area contributed by atoms with Crippen molar-refractivity contribution in [2.24, 2.45) is 11.7 Å². The predicted molar refractivity (Wildman–Crippen MR) is 92.1 cm³/mol. The van der Waals surface area contributed by atoms with Gasteiger partial charge in [-0.25, -0.2) is 0 Å². The number of hydrogen-bond donors (Lipinski definition) is 2. The molecule has 1 saturated carbocycles. The molecule has 0 heterocycles. The molecule has 2 rings (SSSR count). The maximum Gasteiger partial charge on any atom is 0.220 e. The minimum atomic E-state index is 0. The second-order valence-electron chi connectivity index (χ2n) is 5.31. The van der Waals surface area contributed by atoms with E-state index in [1.807, 2.05) is 0 Å². The number of rotatable bonds is 8. The van der Waals surface area contributed by atoms with Gasteiger partial charge in [0.05, 0.1) is 11.6 Å². The van der Waals surface area contributed by atoms with Crippen molar-refractivity contribution in [1.82, 2.24) is 5.32 Å². The molecule has 1 unspecified atom stereocenters. The van der Waals surface area contributed by atoms with E-state index in [-0.39, 0.29) is 24.4 Å². The third kappa shape index (κ3) is 6.21. The maximum absolute atomic E-state index is 11.7. The summed E-state index contributed by atoms with van der Waals surface area (Å²) in [6.07, 6.45) is 3.40. The normalized spacial score (nSPS) is 14.9. The molecule has 1 amide bonds. The van der Waals surface area contributed by atoms with Crippen LogP contribution in [-0.2, 0) is 4.79 Å². The minimum Gasteiger partial charge on any atom is -0.492 e. The first-order valence-electron chi connectivity index (χ1n) is 7.17. The van der Waals surface area contributed by atoms with Crippen LogP contribution >= 0.6 is 35.6 Å². The lowest BCUT2D eigenvalue weighted by atomic mass is 10.2. The summed E-state index contributed by atoms with van der Waals surface area (Å²) < 4.78 is 5.52. The lowest BCUT2D eigenvalue weighted by molar-refractivity contribution is -0.121. The minimum absolute atomic E-state index is 0. The highest BCUT2D eigenvalue weighted by Gasteiger charge is 2.28. The zero-order valence-corrected chi connectivity index (χ0v) is 14.5. The molecule has 3 N–H and O–H groups in total. The monoisotopic (exact) mass is 366 g/mol. The Morgan fingerprint density at radius 1 is 1.41 bits per heavy atom.